The quantitative estimate of drug-likeness (QED) is 0.799. The highest BCUT2D eigenvalue weighted by Gasteiger charge is 2.20. The minimum absolute atomic E-state index is 0.237. The Morgan fingerprint density at radius 1 is 1.30 bits per heavy atom. The Balaban J connectivity index is 1.87. The van der Waals surface area contributed by atoms with Gasteiger partial charge in [-0.3, -0.25) is 15.0 Å². The second-order valence-corrected chi connectivity index (χ2v) is 5.73. The van der Waals surface area contributed by atoms with E-state index in [2.05, 4.69) is 27.7 Å². The number of benzene rings is 1. The molecule has 0 bridgehead atoms. The molecule has 23 heavy (non-hydrogen) atoms. The highest BCUT2D eigenvalue weighted by molar-refractivity contribution is 5.94. The maximum Gasteiger partial charge on any atom is 0.321 e. The van der Waals surface area contributed by atoms with Gasteiger partial charge in [0.1, 0.15) is 0 Å². The molecule has 1 saturated heterocycles. The number of nitrogens with zero attached hydrogens (tertiary/aromatic N) is 1. The number of rotatable bonds is 7. The minimum Gasteiger partial charge on any atom is -0.377 e. The summed E-state index contributed by atoms with van der Waals surface area (Å²) in [5.41, 5.74) is 1.21. The molecule has 1 atom stereocenters. The average molecular weight is 319 g/mol. The molecule has 2 N–H and O–H groups in total. The Hall–Kier alpha value is -1.92. The van der Waals surface area contributed by atoms with Crippen LogP contribution >= 0.6 is 0 Å². The van der Waals surface area contributed by atoms with Gasteiger partial charge in [0.25, 0.3) is 0 Å². The Morgan fingerprint density at radius 3 is 2.74 bits per heavy atom. The lowest BCUT2D eigenvalue weighted by molar-refractivity contribution is -0.120. The van der Waals surface area contributed by atoms with Crippen LogP contribution in [0.5, 0.6) is 0 Å². The molecular formula is C17H25N3O3. The van der Waals surface area contributed by atoms with Gasteiger partial charge in [-0.05, 0) is 18.4 Å². The summed E-state index contributed by atoms with van der Waals surface area (Å²) in [7, 11) is 1.49. The molecule has 1 heterocycles. The second-order valence-electron chi connectivity index (χ2n) is 5.73. The van der Waals surface area contributed by atoms with Crippen LogP contribution in [0.2, 0.25) is 0 Å². The number of urea groups is 1. The fourth-order valence-electron chi connectivity index (χ4n) is 2.66. The van der Waals surface area contributed by atoms with Gasteiger partial charge in [0.2, 0.25) is 5.91 Å². The second kappa shape index (κ2) is 9.27. The van der Waals surface area contributed by atoms with Crippen LogP contribution < -0.4 is 10.6 Å². The number of hydrogen-bond donors (Lipinski definition) is 2. The van der Waals surface area contributed by atoms with Crippen molar-refractivity contribution in [1.29, 1.82) is 0 Å². The fourth-order valence-corrected chi connectivity index (χ4v) is 2.66. The zero-order chi connectivity index (χ0) is 16.5. The number of carbonyl (C=O) groups is 2. The molecule has 1 fully saturated rings. The smallest absolute Gasteiger partial charge is 0.321 e. The molecule has 1 aliphatic rings. The summed E-state index contributed by atoms with van der Waals surface area (Å²) in [6.07, 6.45) is 2.68. The number of nitrogens with one attached hydrogen (secondary N) is 2. The minimum atomic E-state index is -0.469. The van der Waals surface area contributed by atoms with Gasteiger partial charge in [-0.2, -0.15) is 0 Å². The summed E-state index contributed by atoms with van der Waals surface area (Å²) in [5, 5.41) is 4.67. The Bertz CT molecular complexity index is 501. The first-order valence-corrected chi connectivity index (χ1v) is 8.07. The van der Waals surface area contributed by atoms with Crippen LogP contribution in [-0.4, -0.2) is 49.7 Å². The Morgan fingerprint density at radius 2 is 2.09 bits per heavy atom. The van der Waals surface area contributed by atoms with E-state index in [1.54, 1.807) is 0 Å². The summed E-state index contributed by atoms with van der Waals surface area (Å²) >= 11 is 0. The first-order valence-electron chi connectivity index (χ1n) is 8.07. The largest absolute Gasteiger partial charge is 0.377 e. The van der Waals surface area contributed by atoms with E-state index in [-0.39, 0.29) is 18.4 Å². The van der Waals surface area contributed by atoms with Crippen molar-refractivity contribution in [2.24, 2.45) is 0 Å². The molecule has 1 aromatic carbocycles. The molecule has 1 aliphatic heterocycles. The lowest BCUT2D eigenvalue weighted by Gasteiger charge is -2.25. The molecule has 2 rings (SSSR count). The molecule has 0 radical (unpaired) electrons. The van der Waals surface area contributed by atoms with Crippen LogP contribution in [0.15, 0.2) is 30.3 Å². The van der Waals surface area contributed by atoms with Crippen molar-refractivity contribution in [3.8, 4) is 0 Å². The van der Waals surface area contributed by atoms with Gasteiger partial charge < -0.3 is 10.1 Å². The van der Waals surface area contributed by atoms with Crippen LogP contribution in [0, 0.1) is 0 Å². The third kappa shape index (κ3) is 6.38. The predicted molar refractivity (Wildman–Crippen MR) is 87.9 cm³/mol. The van der Waals surface area contributed by atoms with Crippen molar-refractivity contribution in [2.45, 2.75) is 31.9 Å². The normalized spacial score (nSPS) is 17.2. The van der Waals surface area contributed by atoms with Gasteiger partial charge >= 0.3 is 6.03 Å². The lowest BCUT2D eigenvalue weighted by Crippen LogP contribution is -2.40. The van der Waals surface area contributed by atoms with E-state index >= 15 is 0 Å². The standard InChI is InChI=1S/C17H25N3O3/c1-18-17(22)19-16(21)9-10-20(13-15-8-5-11-23-15)12-14-6-3-2-4-7-14/h2-4,6-7,15H,5,8-13H2,1H3,(H2,18,19,21,22). The highest BCUT2D eigenvalue weighted by atomic mass is 16.5. The van der Waals surface area contributed by atoms with Gasteiger partial charge in [0.15, 0.2) is 0 Å². The molecule has 0 aliphatic carbocycles. The van der Waals surface area contributed by atoms with Crippen molar-refractivity contribution in [3.05, 3.63) is 35.9 Å². The third-order valence-electron chi connectivity index (χ3n) is 3.87. The molecule has 0 spiro atoms. The first kappa shape index (κ1) is 17.4. The number of ether oxygens (including phenoxy) is 1. The molecule has 1 unspecified atom stereocenters. The number of hydrogen-bond acceptors (Lipinski definition) is 4. The summed E-state index contributed by atoms with van der Waals surface area (Å²) in [6, 6.07) is 9.70. The van der Waals surface area contributed by atoms with Crippen molar-refractivity contribution in [3.63, 3.8) is 0 Å². The van der Waals surface area contributed by atoms with E-state index in [1.165, 1.54) is 12.6 Å². The van der Waals surface area contributed by atoms with Crippen molar-refractivity contribution >= 4 is 11.9 Å². The molecule has 6 heteroatoms. The van der Waals surface area contributed by atoms with Gasteiger partial charge in [-0.1, -0.05) is 30.3 Å². The summed E-state index contributed by atoms with van der Waals surface area (Å²) < 4.78 is 5.70. The molecule has 0 aromatic heterocycles. The zero-order valence-electron chi connectivity index (χ0n) is 13.6. The number of amides is 3. The van der Waals surface area contributed by atoms with Gasteiger partial charge in [-0.25, -0.2) is 4.79 Å². The predicted octanol–water partition coefficient (Wildman–Crippen LogP) is 1.51. The molecule has 126 valence electrons. The van der Waals surface area contributed by atoms with Gasteiger partial charge in [0.05, 0.1) is 6.10 Å². The fraction of sp³-hybridized carbons (Fsp3) is 0.529. The van der Waals surface area contributed by atoms with E-state index in [4.69, 9.17) is 4.74 Å². The zero-order valence-corrected chi connectivity index (χ0v) is 13.6. The van der Waals surface area contributed by atoms with Gasteiger partial charge in [-0.15, -0.1) is 0 Å². The monoisotopic (exact) mass is 319 g/mol. The summed E-state index contributed by atoms with van der Waals surface area (Å²) in [5.74, 6) is -0.269. The molecule has 0 saturated carbocycles. The Labute approximate surface area is 137 Å². The Kier molecular flexibility index (Phi) is 7.03. The maximum atomic E-state index is 11.8. The van der Waals surface area contributed by atoms with E-state index in [1.807, 2.05) is 18.2 Å². The summed E-state index contributed by atoms with van der Waals surface area (Å²) in [6.45, 7) is 2.99. The molecular weight excluding hydrogens is 294 g/mol. The van der Waals surface area contributed by atoms with E-state index in [0.29, 0.717) is 6.54 Å². The van der Waals surface area contributed by atoms with Crippen LogP contribution in [0.1, 0.15) is 24.8 Å². The van der Waals surface area contributed by atoms with Gasteiger partial charge in [0, 0.05) is 39.7 Å². The van der Waals surface area contributed by atoms with Crippen LogP contribution in [0.4, 0.5) is 4.79 Å². The number of imide groups is 1. The maximum absolute atomic E-state index is 11.8. The van der Waals surface area contributed by atoms with Crippen molar-refractivity contribution in [2.75, 3.05) is 26.7 Å². The third-order valence-corrected chi connectivity index (χ3v) is 3.87. The van der Waals surface area contributed by atoms with Crippen molar-refractivity contribution < 1.29 is 14.3 Å². The topological polar surface area (TPSA) is 70.7 Å². The highest BCUT2D eigenvalue weighted by Crippen LogP contribution is 2.15. The van der Waals surface area contributed by atoms with Crippen LogP contribution in [-0.2, 0) is 16.1 Å². The number of carbonyl (C=O) groups excluding carboxylic acids is 2. The molecule has 3 amide bonds. The average Bonchev–Trinajstić information content (AvgIpc) is 3.06. The van der Waals surface area contributed by atoms with E-state index in [9.17, 15) is 9.59 Å². The first-order chi connectivity index (χ1) is 11.2. The van der Waals surface area contributed by atoms with Crippen molar-refractivity contribution in [1.82, 2.24) is 15.5 Å². The molecule has 1 aromatic rings. The molecule has 6 nitrogen and oxygen atoms in total. The SMILES string of the molecule is CNC(=O)NC(=O)CCN(Cc1ccccc1)CC1CCCO1. The van der Waals surface area contributed by atoms with Crippen LogP contribution in [0.25, 0.3) is 0 Å². The van der Waals surface area contributed by atoms with E-state index in [0.717, 1.165) is 32.5 Å². The summed E-state index contributed by atoms with van der Waals surface area (Å²) in [4.78, 5) is 25.2. The van der Waals surface area contributed by atoms with E-state index < -0.39 is 6.03 Å². The lowest BCUT2D eigenvalue weighted by atomic mass is 10.1. The van der Waals surface area contributed by atoms with Crippen LogP contribution in [0.3, 0.4) is 0 Å².